The number of halogens is 1. The van der Waals surface area contributed by atoms with Crippen LogP contribution in [0.3, 0.4) is 0 Å². The molecule has 2 amide bonds. The van der Waals surface area contributed by atoms with E-state index >= 15 is 0 Å². The first kappa shape index (κ1) is 21.4. The van der Waals surface area contributed by atoms with Crippen LogP contribution in [0.15, 0.2) is 59.4 Å². The molecule has 1 fully saturated rings. The molecule has 0 radical (unpaired) electrons. The molecule has 172 valence electrons. The Morgan fingerprint density at radius 3 is 2.91 bits per heavy atom. The molecule has 1 aliphatic heterocycles. The molecule has 1 atom stereocenters. The molecule has 5 rings (SSSR count). The van der Waals surface area contributed by atoms with E-state index in [-0.39, 0.29) is 35.8 Å². The van der Waals surface area contributed by atoms with Gasteiger partial charge < -0.3 is 15.2 Å². The summed E-state index contributed by atoms with van der Waals surface area (Å²) >= 11 is 0. The van der Waals surface area contributed by atoms with Crippen LogP contribution in [0.2, 0.25) is 0 Å². The fourth-order valence-corrected chi connectivity index (χ4v) is 3.75. The summed E-state index contributed by atoms with van der Waals surface area (Å²) in [7, 11) is 0. The van der Waals surface area contributed by atoms with Gasteiger partial charge in [0.1, 0.15) is 35.3 Å². The molecular weight excluding hydrogens is 441 g/mol. The lowest BCUT2D eigenvalue weighted by molar-refractivity contribution is -0.128. The lowest BCUT2D eigenvalue weighted by atomic mass is 10.0. The van der Waals surface area contributed by atoms with Crippen molar-refractivity contribution in [1.29, 1.82) is 0 Å². The Morgan fingerprint density at radius 1 is 1.24 bits per heavy atom. The first-order valence-corrected chi connectivity index (χ1v) is 10.7. The van der Waals surface area contributed by atoms with E-state index in [1.165, 1.54) is 18.5 Å². The number of amides is 2. The van der Waals surface area contributed by atoms with E-state index in [0.29, 0.717) is 41.9 Å². The van der Waals surface area contributed by atoms with Crippen LogP contribution in [0.1, 0.15) is 24.8 Å². The maximum absolute atomic E-state index is 14.3. The predicted octanol–water partition coefficient (Wildman–Crippen LogP) is 2.79. The zero-order valence-corrected chi connectivity index (χ0v) is 17.9. The quantitative estimate of drug-likeness (QED) is 0.452. The normalized spacial score (nSPS) is 15.7. The fourth-order valence-electron chi connectivity index (χ4n) is 3.75. The van der Waals surface area contributed by atoms with E-state index in [0.717, 1.165) is 0 Å². The third-order valence-corrected chi connectivity index (χ3v) is 5.44. The molecule has 4 heterocycles. The Kier molecular flexibility index (Phi) is 5.81. The number of aromatic nitrogens is 5. The molecule has 1 aromatic carbocycles. The van der Waals surface area contributed by atoms with Crippen molar-refractivity contribution in [3.8, 4) is 22.9 Å². The zero-order valence-electron chi connectivity index (χ0n) is 17.9. The van der Waals surface area contributed by atoms with Crippen LogP contribution >= 0.6 is 0 Å². The van der Waals surface area contributed by atoms with Crippen molar-refractivity contribution in [3.05, 3.63) is 66.3 Å². The second kappa shape index (κ2) is 9.22. The SMILES string of the molecule is O=C1CCCC(C(=O)Nc2ccnc(-c3cc(-c4ccon4)n(Cc4ccccc4F)n3)n2)N1. The zero-order chi connectivity index (χ0) is 23.5. The summed E-state index contributed by atoms with van der Waals surface area (Å²) < 4.78 is 20.8. The van der Waals surface area contributed by atoms with Crippen molar-refractivity contribution in [2.45, 2.75) is 31.8 Å². The number of carbonyl (C=O) groups is 2. The maximum atomic E-state index is 14.3. The Bertz CT molecular complexity index is 1340. The van der Waals surface area contributed by atoms with Gasteiger partial charge in [-0.05, 0) is 31.0 Å². The highest BCUT2D eigenvalue weighted by Crippen LogP contribution is 2.25. The third kappa shape index (κ3) is 4.53. The summed E-state index contributed by atoms with van der Waals surface area (Å²) in [5.41, 5.74) is 1.98. The third-order valence-electron chi connectivity index (χ3n) is 5.44. The largest absolute Gasteiger partial charge is 0.364 e. The first-order valence-electron chi connectivity index (χ1n) is 10.7. The van der Waals surface area contributed by atoms with Gasteiger partial charge in [0.15, 0.2) is 5.82 Å². The maximum Gasteiger partial charge on any atom is 0.248 e. The van der Waals surface area contributed by atoms with Gasteiger partial charge in [-0.15, -0.1) is 0 Å². The van der Waals surface area contributed by atoms with E-state index in [2.05, 4.69) is 30.9 Å². The number of carbonyl (C=O) groups excluding carboxylic acids is 2. The van der Waals surface area contributed by atoms with Gasteiger partial charge in [0, 0.05) is 24.2 Å². The minimum atomic E-state index is -0.599. The molecule has 2 N–H and O–H groups in total. The molecule has 0 bridgehead atoms. The summed E-state index contributed by atoms with van der Waals surface area (Å²) in [6, 6.07) is 10.8. The van der Waals surface area contributed by atoms with Crippen molar-refractivity contribution >= 4 is 17.6 Å². The smallest absolute Gasteiger partial charge is 0.248 e. The average Bonchev–Trinajstić information content (AvgIpc) is 3.51. The Hall–Kier alpha value is -4.41. The molecule has 1 saturated heterocycles. The van der Waals surface area contributed by atoms with E-state index in [4.69, 9.17) is 4.52 Å². The van der Waals surface area contributed by atoms with Gasteiger partial charge in [-0.3, -0.25) is 14.3 Å². The number of rotatable bonds is 6. The molecule has 4 aromatic rings. The molecule has 0 aliphatic carbocycles. The molecule has 34 heavy (non-hydrogen) atoms. The summed E-state index contributed by atoms with van der Waals surface area (Å²) in [5.74, 6) is -0.285. The minimum Gasteiger partial charge on any atom is -0.364 e. The van der Waals surface area contributed by atoms with E-state index in [9.17, 15) is 14.0 Å². The lowest BCUT2D eigenvalue weighted by Gasteiger charge is -2.22. The molecule has 10 nitrogen and oxygen atoms in total. The molecule has 0 spiro atoms. The number of nitrogens with one attached hydrogen (secondary N) is 2. The Morgan fingerprint density at radius 2 is 2.12 bits per heavy atom. The van der Waals surface area contributed by atoms with E-state index in [1.54, 1.807) is 41.1 Å². The lowest BCUT2D eigenvalue weighted by Crippen LogP contribution is -2.46. The highest BCUT2D eigenvalue weighted by atomic mass is 19.1. The van der Waals surface area contributed by atoms with Gasteiger partial charge in [-0.25, -0.2) is 14.4 Å². The average molecular weight is 461 g/mol. The Labute approximate surface area is 193 Å². The van der Waals surface area contributed by atoms with Crippen LogP contribution in [0.25, 0.3) is 22.9 Å². The molecule has 11 heteroatoms. The van der Waals surface area contributed by atoms with Crippen molar-refractivity contribution in [2.75, 3.05) is 5.32 Å². The van der Waals surface area contributed by atoms with Gasteiger partial charge >= 0.3 is 0 Å². The number of piperidine rings is 1. The number of anilines is 1. The monoisotopic (exact) mass is 461 g/mol. The van der Waals surface area contributed by atoms with E-state index in [1.807, 2.05) is 0 Å². The predicted molar refractivity (Wildman–Crippen MR) is 119 cm³/mol. The summed E-state index contributed by atoms with van der Waals surface area (Å²) in [6.07, 6.45) is 4.58. The van der Waals surface area contributed by atoms with Gasteiger partial charge in [0.2, 0.25) is 11.8 Å². The molecule has 1 aliphatic rings. The van der Waals surface area contributed by atoms with Crippen LogP contribution in [-0.4, -0.2) is 42.8 Å². The summed E-state index contributed by atoms with van der Waals surface area (Å²) in [5, 5.41) is 13.9. The second-order valence-electron chi connectivity index (χ2n) is 7.82. The van der Waals surface area contributed by atoms with Crippen molar-refractivity contribution in [3.63, 3.8) is 0 Å². The van der Waals surface area contributed by atoms with E-state index < -0.39 is 6.04 Å². The highest BCUT2D eigenvalue weighted by molar-refractivity contribution is 5.97. The molecular formula is C23H20FN7O3. The standard InChI is InChI=1S/C23H20FN7O3/c24-15-5-2-1-4-14(15)13-31-19(16-9-11-34-30-16)12-18(29-31)22-25-10-8-20(27-22)28-23(33)17-6-3-7-21(32)26-17/h1-2,4-5,8-12,17H,3,6-7,13H2,(H,26,32)(H,25,27,28,33). The van der Waals surface area contributed by atoms with Crippen LogP contribution in [0.5, 0.6) is 0 Å². The summed E-state index contributed by atoms with van der Waals surface area (Å²) in [6.45, 7) is 0.159. The fraction of sp³-hybridized carbons (Fsp3) is 0.217. The first-order chi connectivity index (χ1) is 16.6. The molecule has 3 aromatic heterocycles. The second-order valence-corrected chi connectivity index (χ2v) is 7.82. The number of benzene rings is 1. The van der Waals surface area contributed by atoms with Gasteiger partial charge in [-0.1, -0.05) is 23.4 Å². The number of hydrogen-bond donors (Lipinski definition) is 2. The number of nitrogens with zero attached hydrogens (tertiary/aromatic N) is 5. The van der Waals surface area contributed by atoms with Crippen LogP contribution in [-0.2, 0) is 16.1 Å². The van der Waals surface area contributed by atoms with Gasteiger partial charge in [0.25, 0.3) is 0 Å². The van der Waals surface area contributed by atoms with Crippen LogP contribution in [0.4, 0.5) is 10.2 Å². The number of hydrogen-bond acceptors (Lipinski definition) is 7. The van der Waals surface area contributed by atoms with Crippen molar-refractivity contribution < 1.29 is 18.5 Å². The van der Waals surface area contributed by atoms with Gasteiger partial charge in [0.05, 0.1) is 12.2 Å². The minimum absolute atomic E-state index is 0.143. The molecule has 1 unspecified atom stereocenters. The van der Waals surface area contributed by atoms with Gasteiger partial charge in [-0.2, -0.15) is 5.10 Å². The van der Waals surface area contributed by atoms with Crippen LogP contribution < -0.4 is 10.6 Å². The Balaban J connectivity index is 1.43. The van der Waals surface area contributed by atoms with Crippen molar-refractivity contribution in [1.82, 2.24) is 30.2 Å². The van der Waals surface area contributed by atoms with Crippen LogP contribution in [0, 0.1) is 5.82 Å². The van der Waals surface area contributed by atoms with Crippen molar-refractivity contribution in [2.24, 2.45) is 0 Å². The topological polar surface area (TPSA) is 128 Å². The molecule has 0 saturated carbocycles. The summed E-state index contributed by atoms with van der Waals surface area (Å²) in [4.78, 5) is 32.8. The highest BCUT2D eigenvalue weighted by Gasteiger charge is 2.25.